The molecule has 0 aliphatic carbocycles. The smallest absolute Gasteiger partial charge is 0.416 e. The summed E-state index contributed by atoms with van der Waals surface area (Å²) in [7, 11) is 0. The largest absolute Gasteiger partial charge is 0.490 e. The Kier molecular flexibility index (Phi) is 5.31. The number of carbonyl (C=O) groups is 2. The molecule has 0 spiro atoms. The first kappa shape index (κ1) is 21.8. The van der Waals surface area contributed by atoms with Crippen molar-refractivity contribution in [1.82, 2.24) is 4.90 Å². The molecule has 9 heteroatoms. The summed E-state index contributed by atoms with van der Waals surface area (Å²) in [5.41, 5.74) is 1.16. The van der Waals surface area contributed by atoms with Gasteiger partial charge >= 0.3 is 6.18 Å². The zero-order valence-electron chi connectivity index (χ0n) is 18.0. The van der Waals surface area contributed by atoms with Crippen LogP contribution in [0, 0.1) is 0 Å². The first-order valence-corrected chi connectivity index (χ1v) is 11.0. The van der Waals surface area contributed by atoms with Crippen LogP contribution in [0.5, 0.6) is 11.5 Å². The van der Waals surface area contributed by atoms with Crippen LogP contribution < -0.4 is 14.4 Å². The van der Waals surface area contributed by atoms with Gasteiger partial charge in [0.25, 0.3) is 5.91 Å². The number of benzene rings is 2. The molecule has 3 aliphatic rings. The first-order chi connectivity index (χ1) is 15.7. The summed E-state index contributed by atoms with van der Waals surface area (Å²) in [6.45, 7) is 3.67. The number of rotatable bonds is 2. The summed E-state index contributed by atoms with van der Waals surface area (Å²) in [4.78, 5) is 28.8. The van der Waals surface area contributed by atoms with Gasteiger partial charge in [-0.15, -0.1) is 0 Å². The normalized spacial score (nSPS) is 23.5. The summed E-state index contributed by atoms with van der Waals surface area (Å²) in [6, 6.07) is 7.36. The lowest BCUT2D eigenvalue weighted by atomic mass is 9.91. The highest BCUT2D eigenvalue weighted by molar-refractivity contribution is 6.22. The van der Waals surface area contributed by atoms with E-state index in [0.717, 1.165) is 40.3 Å². The Labute approximate surface area is 188 Å². The SMILES string of the molecule is C[C@@H]1c2cc3c(cc2CCN1[C@H]1CC(=O)N(c2cccc(C(F)(F)F)c2)C1=O)OCCCO3. The fraction of sp³-hybridized carbons (Fsp3) is 0.417. The molecule has 174 valence electrons. The third-order valence-electron chi connectivity index (χ3n) is 6.55. The molecule has 1 fully saturated rings. The number of hydrogen-bond donors (Lipinski definition) is 0. The molecule has 0 saturated carbocycles. The van der Waals surface area contributed by atoms with Gasteiger partial charge < -0.3 is 9.47 Å². The van der Waals surface area contributed by atoms with Crippen molar-refractivity contribution in [2.45, 2.75) is 44.4 Å². The molecule has 3 aliphatic heterocycles. The van der Waals surface area contributed by atoms with Gasteiger partial charge in [0, 0.05) is 19.0 Å². The van der Waals surface area contributed by atoms with Gasteiger partial charge in [0.15, 0.2) is 11.5 Å². The van der Waals surface area contributed by atoms with Gasteiger partial charge in [0.1, 0.15) is 0 Å². The number of halogens is 3. The predicted octanol–water partition coefficient (Wildman–Crippen LogP) is 4.12. The van der Waals surface area contributed by atoms with Crippen molar-refractivity contribution in [1.29, 1.82) is 0 Å². The van der Waals surface area contributed by atoms with E-state index in [2.05, 4.69) is 0 Å². The fourth-order valence-corrected chi connectivity index (χ4v) is 4.89. The minimum Gasteiger partial charge on any atom is -0.490 e. The van der Waals surface area contributed by atoms with Crippen LogP contribution >= 0.6 is 0 Å². The molecule has 0 unspecified atom stereocenters. The van der Waals surface area contributed by atoms with Gasteiger partial charge in [-0.05, 0) is 54.8 Å². The Bertz CT molecular complexity index is 1120. The van der Waals surface area contributed by atoms with Crippen LogP contribution in [0.3, 0.4) is 0 Å². The van der Waals surface area contributed by atoms with E-state index >= 15 is 0 Å². The monoisotopic (exact) mass is 460 g/mol. The Hall–Kier alpha value is -3.07. The van der Waals surface area contributed by atoms with Gasteiger partial charge in [-0.2, -0.15) is 13.2 Å². The van der Waals surface area contributed by atoms with Crippen LogP contribution in [0.2, 0.25) is 0 Å². The van der Waals surface area contributed by atoms with E-state index in [0.29, 0.717) is 31.9 Å². The highest BCUT2D eigenvalue weighted by Crippen LogP contribution is 2.41. The standard InChI is InChI=1S/C24H23F3N2O4/c1-14-18-12-21-20(32-8-3-9-33-21)10-15(18)6-7-28(14)19-13-22(30)29(23(19)31)17-5-2-4-16(11-17)24(25,26)27/h2,4-5,10-12,14,19H,3,6-9,13H2,1H3/t14-,19+/m1/s1. The summed E-state index contributed by atoms with van der Waals surface area (Å²) < 4.78 is 51.0. The highest BCUT2D eigenvalue weighted by atomic mass is 19.4. The minimum atomic E-state index is -4.56. The lowest BCUT2D eigenvalue weighted by molar-refractivity contribution is -0.137. The zero-order valence-corrected chi connectivity index (χ0v) is 18.0. The van der Waals surface area contributed by atoms with Crippen molar-refractivity contribution >= 4 is 17.5 Å². The number of amides is 2. The summed E-state index contributed by atoms with van der Waals surface area (Å²) in [5.74, 6) is 0.388. The Morgan fingerprint density at radius 1 is 1.03 bits per heavy atom. The molecule has 3 heterocycles. The van der Waals surface area contributed by atoms with Crippen molar-refractivity contribution in [2.24, 2.45) is 0 Å². The summed E-state index contributed by atoms with van der Waals surface area (Å²) in [6.07, 6.45) is -3.17. The molecule has 2 aromatic rings. The lowest BCUT2D eigenvalue weighted by Crippen LogP contribution is -2.46. The van der Waals surface area contributed by atoms with E-state index in [4.69, 9.17) is 9.47 Å². The van der Waals surface area contributed by atoms with Crippen LogP contribution in [0.4, 0.5) is 18.9 Å². The Balaban J connectivity index is 1.42. The van der Waals surface area contributed by atoms with Gasteiger partial charge in [-0.25, -0.2) is 4.90 Å². The molecule has 2 atom stereocenters. The Morgan fingerprint density at radius 2 is 1.76 bits per heavy atom. The number of anilines is 1. The van der Waals surface area contributed by atoms with Crippen LogP contribution in [-0.2, 0) is 22.2 Å². The third kappa shape index (κ3) is 3.84. The minimum absolute atomic E-state index is 0.0525. The first-order valence-electron chi connectivity index (χ1n) is 11.0. The van der Waals surface area contributed by atoms with Crippen LogP contribution in [0.15, 0.2) is 36.4 Å². The number of imide groups is 1. The van der Waals surface area contributed by atoms with E-state index < -0.39 is 29.6 Å². The molecular formula is C24H23F3N2O4. The van der Waals surface area contributed by atoms with Crippen molar-refractivity contribution in [3.05, 3.63) is 53.1 Å². The quantitative estimate of drug-likeness (QED) is 0.632. The maximum Gasteiger partial charge on any atom is 0.416 e. The zero-order chi connectivity index (χ0) is 23.3. The van der Waals surface area contributed by atoms with Gasteiger partial charge in [-0.3, -0.25) is 14.5 Å². The van der Waals surface area contributed by atoms with E-state index in [9.17, 15) is 22.8 Å². The number of fused-ring (bicyclic) bond motifs is 2. The molecule has 2 aromatic carbocycles. The molecule has 33 heavy (non-hydrogen) atoms. The van der Waals surface area contributed by atoms with E-state index in [-0.39, 0.29) is 18.2 Å². The predicted molar refractivity (Wildman–Crippen MR) is 113 cm³/mol. The van der Waals surface area contributed by atoms with Crippen molar-refractivity contribution < 1.29 is 32.2 Å². The number of alkyl halides is 3. The third-order valence-corrected chi connectivity index (χ3v) is 6.55. The number of hydrogen-bond acceptors (Lipinski definition) is 5. The second-order valence-electron chi connectivity index (χ2n) is 8.55. The number of carbonyl (C=O) groups excluding carboxylic acids is 2. The highest BCUT2D eigenvalue weighted by Gasteiger charge is 2.45. The number of nitrogens with zero attached hydrogens (tertiary/aromatic N) is 2. The summed E-state index contributed by atoms with van der Waals surface area (Å²) in [5, 5.41) is 0. The molecule has 1 saturated heterocycles. The maximum atomic E-state index is 13.2. The lowest BCUT2D eigenvalue weighted by Gasteiger charge is -2.38. The van der Waals surface area contributed by atoms with Gasteiger partial charge in [0.05, 0.1) is 36.9 Å². The van der Waals surface area contributed by atoms with E-state index in [1.807, 2.05) is 24.0 Å². The van der Waals surface area contributed by atoms with Crippen LogP contribution in [0.25, 0.3) is 0 Å². The molecule has 0 aromatic heterocycles. The molecule has 6 nitrogen and oxygen atoms in total. The van der Waals surface area contributed by atoms with Crippen LogP contribution in [0.1, 0.15) is 42.5 Å². The average molecular weight is 460 g/mol. The van der Waals surface area contributed by atoms with Crippen molar-refractivity contribution in [3.8, 4) is 11.5 Å². The van der Waals surface area contributed by atoms with Crippen molar-refractivity contribution in [3.63, 3.8) is 0 Å². The molecular weight excluding hydrogens is 437 g/mol. The molecule has 5 rings (SSSR count). The van der Waals surface area contributed by atoms with Gasteiger partial charge in [-0.1, -0.05) is 6.07 Å². The molecule has 0 bridgehead atoms. The summed E-state index contributed by atoms with van der Waals surface area (Å²) >= 11 is 0. The Morgan fingerprint density at radius 3 is 2.48 bits per heavy atom. The number of ether oxygens (including phenoxy) is 2. The van der Waals surface area contributed by atoms with Crippen molar-refractivity contribution in [2.75, 3.05) is 24.7 Å². The second kappa shape index (κ2) is 8.06. The second-order valence-corrected chi connectivity index (χ2v) is 8.55. The van der Waals surface area contributed by atoms with Gasteiger partial charge in [0.2, 0.25) is 5.91 Å². The fourth-order valence-electron chi connectivity index (χ4n) is 4.89. The molecule has 2 amide bonds. The molecule has 0 N–H and O–H groups in total. The van der Waals surface area contributed by atoms with Crippen LogP contribution in [-0.4, -0.2) is 42.5 Å². The maximum absolute atomic E-state index is 13.2. The van der Waals surface area contributed by atoms with E-state index in [1.165, 1.54) is 12.1 Å². The topological polar surface area (TPSA) is 59.1 Å². The van der Waals surface area contributed by atoms with E-state index in [1.54, 1.807) is 0 Å². The molecule has 0 radical (unpaired) electrons. The average Bonchev–Trinajstić information content (AvgIpc) is 2.93.